The van der Waals surface area contributed by atoms with E-state index in [1.54, 1.807) is 40.7 Å². The molecular formula is C25H21ClF3N5O3. The number of rotatable bonds is 4. The summed E-state index contributed by atoms with van der Waals surface area (Å²) in [6, 6.07) is 10.1. The van der Waals surface area contributed by atoms with Crippen molar-refractivity contribution < 1.29 is 27.4 Å². The molecule has 2 aromatic carbocycles. The molecule has 0 unspecified atom stereocenters. The molecular weight excluding hydrogens is 511 g/mol. The number of halogens is 4. The molecule has 8 nitrogen and oxygen atoms in total. The third-order valence-electron chi connectivity index (χ3n) is 6.84. The van der Waals surface area contributed by atoms with Gasteiger partial charge >= 0.3 is 6.36 Å². The van der Waals surface area contributed by atoms with Gasteiger partial charge in [-0.05, 0) is 37.3 Å². The van der Waals surface area contributed by atoms with Crippen LogP contribution in [0.2, 0.25) is 5.02 Å². The molecule has 1 amide bonds. The number of nitrogens with zero attached hydrogens (tertiary/aromatic N) is 5. The zero-order valence-electron chi connectivity index (χ0n) is 19.6. The molecule has 4 heterocycles. The standard InChI is InChI=1S/C25H21ClF3N5O3/c1-14-31-32-23-19(9-21(35)33-10-24(11-33)12-36-13-24)30-22(15-2-4-16(26)5-3-15)18-8-17(37-25(27,28)29)6-7-20(18)34(14)23/h2-8,19H,9-13H2,1H3/t19-/m1/s1. The van der Waals surface area contributed by atoms with Crippen LogP contribution < -0.4 is 4.74 Å². The number of carbonyl (C=O) groups is 1. The van der Waals surface area contributed by atoms with E-state index < -0.39 is 12.4 Å². The average Bonchev–Trinajstić information content (AvgIpc) is 3.09. The van der Waals surface area contributed by atoms with Crippen molar-refractivity contribution in [3.63, 3.8) is 0 Å². The molecule has 0 N–H and O–H groups in total. The van der Waals surface area contributed by atoms with E-state index in [1.807, 2.05) is 0 Å². The molecule has 2 fully saturated rings. The number of likely N-dealkylation sites (tertiary alicyclic amines) is 1. The van der Waals surface area contributed by atoms with E-state index in [9.17, 15) is 18.0 Å². The van der Waals surface area contributed by atoms with Gasteiger partial charge in [0.25, 0.3) is 0 Å². The van der Waals surface area contributed by atoms with E-state index in [0.29, 0.717) is 65.5 Å². The smallest absolute Gasteiger partial charge is 0.406 e. The van der Waals surface area contributed by atoms with Crippen LogP contribution in [0, 0.1) is 12.3 Å². The topological polar surface area (TPSA) is 81.8 Å². The number of ether oxygens (including phenoxy) is 2. The molecule has 0 aliphatic carbocycles. The van der Waals surface area contributed by atoms with Crippen LogP contribution in [-0.4, -0.2) is 63.9 Å². The molecule has 1 aromatic heterocycles. The Hall–Kier alpha value is -3.44. The van der Waals surface area contributed by atoms with Crippen molar-refractivity contribution in [1.82, 2.24) is 19.7 Å². The number of hydrogen-bond acceptors (Lipinski definition) is 6. The first-order valence-corrected chi connectivity index (χ1v) is 12.0. The zero-order chi connectivity index (χ0) is 25.9. The maximum Gasteiger partial charge on any atom is 0.573 e. The van der Waals surface area contributed by atoms with E-state index >= 15 is 0 Å². The monoisotopic (exact) mass is 531 g/mol. The fourth-order valence-corrected chi connectivity index (χ4v) is 5.18. The highest BCUT2D eigenvalue weighted by Gasteiger charge is 2.50. The minimum atomic E-state index is -4.86. The van der Waals surface area contributed by atoms with Gasteiger partial charge in [-0.3, -0.25) is 14.4 Å². The number of carbonyl (C=O) groups excluding carboxylic acids is 1. The minimum Gasteiger partial charge on any atom is -0.406 e. The van der Waals surface area contributed by atoms with Gasteiger partial charge in [-0.15, -0.1) is 23.4 Å². The Balaban J connectivity index is 1.44. The highest BCUT2D eigenvalue weighted by atomic mass is 35.5. The van der Waals surface area contributed by atoms with Gasteiger partial charge in [0.1, 0.15) is 17.6 Å². The van der Waals surface area contributed by atoms with Gasteiger partial charge in [-0.2, -0.15) is 0 Å². The molecule has 1 spiro atoms. The van der Waals surface area contributed by atoms with Crippen LogP contribution in [-0.2, 0) is 9.53 Å². The summed E-state index contributed by atoms with van der Waals surface area (Å²) in [5, 5.41) is 9.00. The fraction of sp³-hybridized carbons (Fsp3) is 0.360. The van der Waals surface area contributed by atoms with Crippen LogP contribution in [0.15, 0.2) is 47.5 Å². The van der Waals surface area contributed by atoms with E-state index in [4.69, 9.17) is 21.3 Å². The molecule has 3 aliphatic heterocycles. The number of alkyl halides is 3. The van der Waals surface area contributed by atoms with Gasteiger partial charge in [0.2, 0.25) is 5.91 Å². The predicted octanol–water partition coefficient (Wildman–Crippen LogP) is 4.27. The van der Waals surface area contributed by atoms with Gasteiger partial charge in [-0.1, -0.05) is 23.7 Å². The largest absolute Gasteiger partial charge is 0.573 e. The fourth-order valence-electron chi connectivity index (χ4n) is 5.05. The number of amides is 1. The summed E-state index contributed by atoms with van der Waals surface area (Å²) < 4.78 is 50.3. The number of aryl methyl sites for hydroxylation is 1. The summed E-state index contributed by atoms with van der Waals surface area (Å²) >= 11 is 6.09. The molecule has 37 heavy (non-hydrogen) atoms. The summed E-state index contributed by atoms with van der Waals surface area (Å²) in [6.07, 6.45) is -4.82. The third kappa shape index (κ3) is 4.36. The van der Waals surface area contributed by atoms with Crippen LogP contribution in [0.1, 0.15) is 35.2 Å². The highest BCUT2D eigenvalue weighted by Crippen LogP contribution is 2.40. The summed E-state index contributed by atoms with van der Waals surface area (Å²) in [4.78, 5) is 19.9. The molecule has 2 saturated heterocycles. The SMILES string of the molecule is Cc1nnc2n1-c1ccc(OC(F)(F)F)cc1C(c1ccc(Cl)cc1)=N[C@@H]2CC(=O)N1CC2(COC2)C1. The molecule has 6 rings (SSSR count). The highest BCUT2D eigenvalue weighted by molar-refractivity contribution is 6.30. The molecule has 3 aromatic rings. The minimum absolute atomic E-state index is 0.0338. The molecule has 0 saturated carbocycles. The number of fused-ring (bicyclic) bond motifs is 3. The third-order valence-corrected chi connectivity index (χ3v) is 7.09. The van der Waals surface area contributed by atoms with Crippen molar-refractivity contribution in [2.45, 2.75) is 25.7 Å². The number of hydrogen-bond donors (Lipinski definition) is 0. The van der Waals surface area contributed by atoms with Crippen molar-refractivity contribution in [1.29, 1.82) is 0 Å². The van der Waals surface area contributed by atoms with E-state index in [-0.39, 0.29) is 23.5 Å². The van der Waals surface area contributed by atoms with Crippen LogP contribution in [0.5, 0.6) is 5.75 Å². The second-order valence-corrected chi connectivity index (χ2v) is 10.1. The summed E-state index contributed by atoms with van der Waals surface area (Å²) in [5.74, 6) is 0.479. The van der Waals surface area contributed by atoms with Gasteiger partial charge < -0.3 is 14.4 Å². The molecule has 192 valence electrons. The molecule has 1 atom stereocenters. The average molecular weight is 532 g/mol. The van der Waals surface area contributed by atoms with Crippen LogP contribution in [0.3, 0.4) is 0 Å². The number of benzene rings is 2. The van der Waals surface area contributed by atoms with Gasteiger partial charge in [0.05, 0.1) is 36.4 Å². The second-order valence-electron chi connectivity index (χ2n) is 9.61. The predicted molar refractivity (Wildman–Crippen MR) is 127 cm³/mol. The number of aromatic nitrogens is 3. The number of aliphatic imine (C=N–C) groups is 1. The second kappa shape index (κ2) is 8.56. The van der Waals surface area contributed by atoms with Crippen LogP contribution >= 0.6 is 11.6 Å². The maximum absolute atomic E-state index is 13.2. The lowest BCUT2D eigenvalue weighted by Gasteiger charge is -2.55. The maximum atomic E-state index is 13.2. The Kier molecular flexibility index (Phi) is 5.53. The molecule has 12 heteroatoms. The Morgan fingerprint density at radius 3 is 2.54 bits per heavy atom. The summed E-state index contributed by atoms with van der Waals surface area (Å²) in [7, 11) is 0. The van der Waals surface area contributed by atoms with Crippen molar-refractivity contribution in [2.24, 2.45) is 10.4 Å². The summed E-state index contributed by atoms with van der Waals surface area (Å²) in [6.45, 7) is 4.32. The Bertz CT molecular complexity index is 1410. The lowest BCUT2D eigenvalue weighted by atomic mass is 9.78. The first-order chi connectivity index (χ1) is 17.6. The van der Waals surface area contributed by atoms with E-state index in [0.717, 1.165) is 0 Å². The van der Waals surface area contributed by atoms with Crippen molar-refractivity contribution in [3.8, 4) is 11.4 Å². The van der Waals surface area contributed by atoms with E-state index in [1.165, 1.54) is 18.2 Å². The van der Waals surface area contributed by atoms with Gasteiger partial charge in [0.15, 0.2) is 5.82 Å². The molecule has 0 radical (unpaired) electrons. The lowest BCUT2D eigenvalue weighted by Crippen LogP contribution is -2.67. The molecule has 3 aliphatic rings. The normalized spacial score (nSPS) is 19.8. The Morgan fingerprint density at radius 2 is 1.89 bits per heavy atom. The first kappa shape index (κ1) is 23.9. The zero-order valence-corrected chi connectivity index (χ0v) is 20.4. The van der Waals surface area contributed by atoms with Crippen LogP contribution in [0.25, 0.3) is 5.69 Å². The quantitative estimate of drug-likeness (QED) is 0.502. The summed E-state index contributed by atoms with van der Waals surface area (Å²) in [5.41, 5.74) is 2.01. The van der Waals surface area contributed by atoms with E-state index in [2.05, 4.69) is 14.9 Å². The Labute approximate surface area is 214 Å². The van der Waals surface area contributed by atoms with Crippen LogP contribution in [0.4, 0.5) is 13.2 Å². The van der Waals surface area contributed by atoms with Crippen molar-refractivity contribution >= 4 is 23.2 Å². The van der Waals surface area contributed by atoms with Crippen molar-refractivity contribution in [3.05, 3.63) is 70.3 Å². The Morgan fingerprint density at radius 1 is 1.16 bits per heavy atom. The molecule has 0 bridgehead atoms. The van der Waals surface area contributed by atoms with Gasteiger partial charge in [0, 0.05) is 29.2 Å². The first-order valence-electron chi connectivity index (χ1n) is 11.6. The lowest BCUT2D eigenvalue weighted by molar-refractivity contribution is -0.274. The van der Waals surface area contributed by atoms with Crippen molar-refractivity contribution in [2.75, 3.05) is 26.3 Å². The van der Waals surface area contributed by atoms with Gasteiger partial charge in [-0.25, -0.2) is 0 Å².